The topological polar surface area (TPSA) is 70.5 Å². The molecule has 0 atom stereocenters. The van der Waals surface area contributed by atoms with E-state index in [1.807, 2.05) is 47.9 Å². The van der Waals surface area contributed by atoms with Crippen LogP contribution in [-0.4, -0.2) is 26.8 Å². The number of nitrogens with one attached hydrogen (secondary N) is 1. The van der Waals surface area contributed by atoms with Crippen LogP contribution in [0.4, 0.5) is 5.69 Å². The third-order valence-corrected chi connectivity index (χ3v) is 7.25. The van der Waals surface area contributed by atoms with Crippen LogP contribution in [0.1, 0.15) is 58.8 Å². The number of halogens is 1. The first-order chi connectivity index (χ1) is 15.5. The molecule has 2 aromatic carbocycles. The van der Waals surface area contributed by atoms with Gasteiger partial charge >= 0.3 is 0 Å². The third-order valence-electron chi connectivity index (χ3n) is 7.01. The highest BCUT2D eigenvalue weighted by Gasteiger charge is 2.28. The zero-order valence-electron chi connectivity index (χ0n) is 17.8. The van der Waals surface area contributed by atoms with Gasteiger partial charge in [-0.2, -0.15) is 0 Å². The van der Waals surface area contributed by atoms with Crippen molar-refractivity contribution in [3.8, 4) is 0 Å². The minimum absolute atomic E-state index is 0.0620. The van der Waals surface area contributed by atoms with Gasteiger partial charge in [0.2, 0.25) is 5.65 Å². The molecular formula is C25H23ClN4O2. The summed E-state index contributed by atoms with van der Waals surface area (Å²) in [7, 11) is 0. The monoisotopic (exact) mass is 446 g/mol. The van der Waals surface area contributed by atoms with E-state index < -0.39 is 0 Å². The molecule has 4 aromatic rings. The normalized spacial score (nSPS) is 16.4. The van der Waals surface area contributed by atoms with Crippen LogP contribution in [0, 0.1) is 6.92 Å². The molecule has 1 saturated carbocycles. The van der Waals surface area contributed by atoms with Gasteiger partial charge in [0.1, 0.15) is 0 Å². The summed E-state index contributed by atoms with van der Waals surface area (Å²) in [5.41, 5.74) is 6.29. The maximum Gasteiger partial charge on any atom is 0.292 e. The van der Waals surface area contributed by atoms with Crippen molar-refractivity contribution in [2.75, 3.05) is 11.4 Å². The van der Waals surface area contributed by atoms with Crippen LogP contribution < -0.4 is 10.5 Å². The molecule has 0 radical (unpaired) electrons. The summed E-state index contributed by atoms with van der Waals surface area (Å²) in [4.78, 5) is 35.5. The lowest BCUT2D eigenvalue weighted by atomic mass is 10.0. The first-order valence-corrected chi connectivity index (χ1v) is 11.5. The molecule has 1 N–H and O–H groups in total. The maximum absolute atomic E-state index is 13.5. The number of nitrogens with zero attached hydrogens (tertiary/aromatic N) is 3. The highest BCUT2D eigenvalue weighted by atomic mass is 35.5. The van der Waals surface area contributed by atoms with Crippen LogP contribution in [0.5, 0.6) is 0 Å². The fourth-order valence-electron chi connectivity index (χ4n) is 5.40. The maximum atomic E-state index is 13.5. The van der Waals surface area contributed by atoms with E-state index in [4.69, 9.17) is 11.6 Å². The van der Waals surface area contributed by atoms with E-state index in [0.29, 0.717) is 34.2 Å². The molecule has 2 aromatic heterocycles. The SMILES string of the molecule is Cc1cc2c(cc1C(=O)N1CCc3cc(Cl)ccc31)[nH]c(=O)c1ncc(C3CCCC3)n12. The van der Waals surface area contributed by atoms with E-state index in [2.05, 4.69) is 9.97 Å². The second-order valence-corrected chi connectivity index (χ2v) is 9.38. The molecule has 1 aliphatic heterocycles. The lowest BCUT2D eigenvalue weighted by Crippen LogP contribution is -2.29. The Hall–Kier alpha value is -3.12. The van der Waals surface area contributed by atoms with Crippen molar-refractivity contribution in [2.45, 2.75) is 44.9 Å². The molecule has 6 nitrogen and oxygen atoms in total. The molecule has 6 rings (SSSR count). The second-order valence-electron chi connectivity index (χ2n) is 8.94. The van der Waals surface area contributed by atoms with E-state index in [0.717, 1.165) is 47.3 Å². The molecule has 32 heavy (non-hydrogen) atoms. The molecule has 0 spiro atoms. The minimum atomic E-state index is -0.231. The van der Waals surface area contributed by atoms with Gasteiger partial charge in [-0.25, -0.2) is 4.98 Å². The van der Waals surface area contributed by atoms with Crippen LogP contribution in [0.3, 0.4) is 0 Å². The van der Waals surface area contributed by atoms with Gasteiger partial charge in [0.05, 0.1) is 11.0 Å². The van der Waals surface area contributed by atoms with E-state index >= 15 is 0 Å². The van der Waals surface area contributed by atoms with Crippen molar-refractivity contribution in [1.29, 1.82) is 0 Å². The summed E-state index contributed by atoms with van der Waals surface area (Å²) < 4.78 is 2.00. The number of imidazole rings is 1. The van der Waals surface area contributed by atoms with E-state index in [1.165, 1.54) is 12.8 Å². The highest BCUT2D eigenvalue weighted by molar-refractivity contribution is 6.30. The lowest BCUT2D eigenvalue weighted by Gasteiger charge is -2.19. The first kappa shape index (κ1) is 19.6. The van der Waals surface area contributed by atoms with E-state index in [9.17, 15) is 9.59 Å². The fourth-order valence-corrected chi connectivity index (χ4v) is 5.60. The van der Waals surface area contributed by atoms with Gasteiger partial charge in [-0.15, -0.1) is 0 Å². The molecule has 0 saturated heterocycles. The van der Waals surface area contributed by atoms with Crippen molar-refractivity contribution in [3.63, 3.8) is 0 Å². The van der Waals surface area contributed by atoms with Gasteiger partial charge in [-0.05, 0) is 67.6 Å². The van der Waals surface area contributed by atoms with Crippen molar-refractivity contribution in [2.24, 2.45) is 0 Å². The number of carbonyl (C=O) groups is 1. The smallest absolute Gasteiger partial charge is 0.292 e. The first-order valence-electron chi connectivity index (χ1n) is 11.2. The van der Waals surface area contributed by atoms with Gasteiger partial charge in [0, 0.05) is 40.6 Å². The summed E-state index contributed by atoms with van der Waals surface area (Å²) in [6.45, 7) is 2.57. The molecule has 1 fully saturated rings. The highest BCUT2D eigenvalue weighted by Crippen LogP contribution is 2.36. The average molecular weight is 447 g/mol. The molecule has 3 heterocycles. The average Bonchev–Trinajstić information content (AvgIpc) is 3.52. The van der Waals surface area contributed by atoms with Gasteiger partial charge in [0.15, 0.2) is 0 Å². The Morgan fingerprint density at radius 1 is 1.19 bits per heavy atom. The Morgan fingerprint density at radius 2 is 2.00 bits per heavy atom. The fraction of sp³-hybridized carbons (Fsp3) is 0.320. The number of carbonyl (C=O) groups excluding carboxylic acids is 1. The van der Waals surface area contributed by atoms with Gasteiger partial charge < -0.3 is 9.88 Å². The van der Waals surface area contributed by atoms with Crippen LogP contribution in [0.2, 0.25) is 5.02 Å². The molecule has 1 aliphatic carbocycles. The number of anilines is 1. The zero-order valence-corrected chi connectivity index (χ0v) is 18.6. The number of benzene rings is 2. The summed E-state index contributed by atoms with van der Waals surface area (Å²) in [5.74, 6) is 0.359. The number of rotatable bonds is 2. The van der Waals surface area contributed by atoms with E-state index in [1.54, 1.807) is 4.90 Å². The molecule has 0 bridgehead atoms. The lowest BCUT2D eigenvalue weighted by molar-refractivity contribution is 0.0989. The standard InChI is InChI=1S/C25H23ClN4O2/c1-14-10-21-19(28-24(31)23-27-13-22(30(21)23)15-4-2-3-5-15)12-18(14)25(32)29-9-8-16-11-17(26)6-7-20(16)29/h6-7,10-13,15H,2-5,8-9H2,1H3,(H,28,31). The molecular weight excluding hydrogens is 424 g/mol. The number of aromatic nitrogens is 3. The summed E-state index contributed by atoms with van der Waals surface area (Å²) in [5, 5.41) is 0.680. The number of aryl methyl sites for hydroxylation is 1. The number of amides is 1. The Kier molecular flexibility index (Phi) is 4.40. The largest absolute Gasteiger partial charge is 0.317 e. The quantitative estimate of drug-likeness (QED) is 0.471. The predicted octanol–water partition coefficient (Wildman–Crippen LogP) is 5.00. The molecule has 162 valence electrons. The van der Waals surface area contributed by atoms with Crippen molar-refractivity contribution >= 4 is 39.9 Å². The van der Waals surface area contributed by atoms with Gasteiger partial charge in [-0.3, -0.25) is 14.0 Å². The van der Waals surface area contributed by atoms with Gasteiger partial charge in [0.25, 0.3) is 11.5 Å². The Labute approximate surface area is 189 Å². The van der Waals surface area contributed by atoms with E-state index in [-0.39, 0.29) is 11.5 Å². The number of fused-ring (bicyclic) bond motifs is 4. The zero-order chi connectivity index (χ0) is 22.0. The minimum Gasteiger partial charge on any atom is -0.317 e. The van der Waals surface area contributed by atoms with Crippen molar-refractivity contribution in [3.05, 3.63) is 74.3 Å². The number of hydrogen-bond acceptors (Lipinski definition) is 3. The number of aromatic amines is 1. The van der Waals surface area contributed by atoms with Gasteiger partial charge in [-0.1, -0.05) is 24.4 Å². The molecule has 1 amide bonds. The van der Waals surface area contributed by atoms with Crippen LogP contribution >= 0.6 is 11.6 Å². The summed E-state index contributed by atoms with van der Waals surface area (Å²) >= 11 is 6.13. The van der Waals surface area contributed by atoms with Crippen molar-refractivity contribution < 1.29 is 4.79 Å². The summed E-state index contributed by atoms with van der Waals surface area (Å²) in [6, 6.07) is 9.47. The third kappa shape index (κ3) is 2.89. The second kappa shape index (κ2) is 7.20. The number of H-pyrrole nitrogens is 1. The van der Waals surface area contributed by atoms with Crippen LogP contribution in [0.25, 0.3) is 16.7 Å². The van der Waals surface area contributed by atoms with Crippen molar-refractivity contribution in [1.82, 2.24) is 14.4 Å². The summed E-state index contributed by atoms with van der Waals surface area (Å²) in [6.07, 6.45) is 7.29. The Bertz CT molecular complexity index is 1460. The Morgan fingerprint density at radius 3 is 2.81 bits per heavy atom. The molecule has 7 heteroatoms. The molecule has 2 aliphatic rings. The van der Waals surface area contributed by atoms with Crippen LogP contribution in [-0.2, 0) is 6.42 Å². The van der Waals surface area contributed by atoms with Crippen LogP contribution in [0.15, 0.2) is 41.3 Å². The number of hydrogen-bond donors (Lipinski definition) is 1. The molecule has 0 unspecified atom stereocenters. The Balaban J connectivity index is 1.49. The predicted molar refractivity (Wildman–Crippen MR) is 126 cm³/mol.